The number of guanidine groups is 1. The topological polar surface area (TPSA) is 54.9 Å². The molecule has 5 nitrogen and oxygen atoms in total. The van der Waals surface area contributed by atoms with E-state index in [0.717, 1.165) is 12.5 Å². The second-order valence-corrected chi connectivity index (χ2v) is 5.88. The maximum Gasteiger partial charge on any atom is 0.191 e. The Bertz CT molecular complexity index is 481. The number of rotatable bonds is 9. The first-order chi connectivity index (χ1) is 11.0. The number of benzene rings is 1. The molecule has 0 bridgehead atoms. The Hall–Kier alpha value is -0.860. The van der Waals surface area contributed by atoms with Gasteiger partial charge in [0, 0.05) is 19.7 Å². The number of halogens is 1. The number of hydrogen-bond donors (Lipinski definition) is 2. The number of ether oxygens (including phenoxy) is 2. The summed E-state index contributed by atoms with van der Waals surface area (Å²) in [5.41, 5.74) is 2.35. The van der Waals surface area contributed by atoms with Crippen molar-refractivity contribution in [1.82, 2.24) is 10.6 Å². The van der Waals surface area contributed by atoms with Crippen molar-refractivity contribution < 1.29 is 9.47 Å². The van der Waals surface area contributed by atoms with Gasteiger partial charge in [0.2, 0.25) is 0 Å². The number of nitrogens with one attached hydrogen (secondary N) is 2. The summed E-state index contributed by atoms with van der Waals surface area (Å²) in [6.07, 6.45) is 0.239. The van der Waals surface area contributed by atoms with Crippen LogP contribution in [-0.2, 0) is 22.6 Å². The van der Waals surface area contributed by atoms with Crippen LogP contribution in [0.3, 0.4) is 0 Å². The summed E-state index contributed by atoms with van der Waals surface area (Å²) in [5, 5.41) is 6.59. The Morgan fingerprint density at radius 2 is 1.92 bits per heavy atom. The van der Waals surface area contributed by atoms with Crippen LogP contribution < -0.4 is 10.6 Å². The summed E-state index contributed by atoms with van der Waals surface area (Å²) >= 11 is 0. The zero-order valence-corrected chi connectivity index (χ0v) is 17.8. The van der Waals surface area contributed by atoms with Crippen LogP contribution in [0.2, 0.25) is 0 Å². The third-order valence-corrected chi connectivity index (χ3v) is 3.14. The molecule has 1 atom stereocenters. The fourth-order valence-electron chi connectivity index (χ4n) is 2.10. The molecule has 0 amide bonds. The minimum absolute atomic E-state index is 0. The molecule has 0 spiro atoms. The Kier molecular flexibility index (Phi) is 13.0. The van der Waals surface area contributed by atoms with Crippen molar-refractivity contribution in [2.24, 2.45) is 4.99 Å². The molecule has 0 saturated carbocycles. The SMILES string of the molecule is CCNC(=NCc1cccc(COC(C)C)c1)NC(C)COC.I. The van der Waals surface area contributed by atoms with E-state index in [1.165, 1.54) is 11.1 Å². The molecule has 0 aliphatic heterocycles. The smallest absolute Gasteiger partial charge is 0.191 e. The molecule has 1 aromatic carbocycles. The molecule has 0 heterocycles. The van der Waals surface area contributed by atoms with Crippen LogP contribution in [0.25, 0.3) is 0 Å². The van der Waals surface area contributed by atoms with Gasteiger partial charge in [0.25, 0.3) is 0 Å². The van der Waals surface area contributed by atoms with E-state index in [2.05, 4.69) is 53.7 Å². The minimum atomic E-state index is 0. The summed E-state index contributed by atoms with van der Waals surface area (Å²) in [5.74, 6) is 0.806. The molecule has 6 heteroatoms. The second-order valence-electron chi connectivity index (χ2n) is 5.88. The first-order valence-electron chi connectivity index (χ1n) is 8.28. The van der Waals surface area contributed by atoms with E-state index in [0.29, 0.717) is 19.8 Å². The standard InChI is InChI=1S/C18H31N3O2.HI/c1-6-19-18(21-15(4)12-22-5)20-11-16-8-7-9-17(10-16)13-23-14(2)3;/h7-10,14-15H,6,11-13H2,1-5H3,(H2,19,20,21);1H. The number of nitrogens with zero attached hydrogens (tertiary/aromatic N) is 1. The fourth-order valence-corrected chi connectivity index (χ4v) is 2.10. The third kappa shape index (κ3) is 10.1. The van der Waals surface area contributed by atoms with Crippen molar-refractivity contribution in [2.75, 3.05) is 20.3 Å². The van der Waals surface area contributed by atoms with Crippen molar-refractivity contribution in [1.29, 1.82) is 0 Å². The van der Waals surface area contributed by atoms with Gasteiger partial charge in [0.05, 0.1) is 25.9 Å². The monoisotopic (exact) mass is 449 g/mol. The molecule has 1 unspecified atom stereocenters. The quantitative estimate of drug-likeness (QED) is 0.345. The van der Waals surface area contributed by atoms with Gasteiger partial charge in [-0.2, -0.15) is 0 Å². The lowest BCUT2D eigenvalue weighted by Gasteiger charge is -2.17. The lowest BCUT2D eigenvalue weighted by atomic mass is 10.1. The molecule has 1 rings (SSSR count). The van der Waals surface area contributed by atoms with E-state index in [1.54, 1.807) is 7.11 Å². The summed E-state index contributed by atoms with van der Waals surface area (Å²) in [6.45, 7) is 11.0. The molecule has 0 radical (unpaired) electrons. The largest absolute Gasteiger partial charge is 0.383 e. The lowest BCUT2D eigenvalue weighted by molar-refractivity contribution is 0.0657. The summed E-state index contributed by atoms with van der Waals surface area (Å²) < 4.78 is 10.8. The van der Waals surface area contributed by atoms with Gasteiger partial charge in [-0.3, -0.25) is 0 Å². The van der Waals surface area contributed by atoms with E-state index in [1.807, 2.05) is 13.8 Å². The van der Waals surface area contributed by atoms with Crippen LogP contribution in [0.4, 0.5) is 0 Å². The van der Waals surface area contributed by atoms with Crippen LogP contribution in [0.15, 0.2) is 29.3 Å². The van der Waals surface area contributed by atoms with Crippen molar-refractivity contribution in [3.63, 3.8) is 0 Å². The Morgan fingerprint density at radius 1 is 1.21 bits per heavy atom. The summed E-state index contributed by atoms with van der Waals surface area (Å²) in [6, 6.07) is 8.58. The molecule has 138 valence electrons. The predicted molar refractivity (Wildman–Crippen MR) is 111 cm³/mol. The average molecular weight is 449 g/mol. The maximum atomic E-state index is 5.65. The molecule has 0 aliphatic rings. The zero-order chi connectivity index (χ0) is 17.1. The highest BCUT2D eigenvalue weighted by Gasteiger charge is 2.04. The van der Waals surface area contributed by atoms with E-state index in [9.17, 15) is 0 Å². The highest BCUT2D eigenvalue weighted by Crippen LogP contribution is 2.09. The number of methoxy groups -OCH3 is 1. The third-order valence-electron chi connectivity index (χ3n) is 3.14. The second kappa shape index (κ2) is 13.4. The highest BCUT2D eigenvalue weighted by atomic mass is 127. The molecule has 0 aromatic heterocycles. The molecule has 1 aromatic rings. The molecular weight excluding hydrogens is 417 g/mol. The van der Waals surface area contributed by atoms with Gasteiger partial charge in [-0.05, 0) is 38.8 Å². The van der Waals surface area contributed by atoms with Gasteiger partial charge in [0.1, 0.15) is 0 Å². The van der Waals surface area contributed by atoms with Crippen LogP contribution in [0.5, 0.6) is 0 Å². The van der Waals surface area contributed by atoms with E-state index in [4.69, 9.17) is 9.47 Å². The van der Waals surface area contributed by atoms with Crippen molar-refractivity contribution in [3.8, 4) is 0 Å². The minimum Gasteiger partial charge on any atom is -0.383 e. The first kappa shape index (κ1) is 23.1. The highest BCUT2D eigenvalue weighted by molar-refractivity contribution is 14.0. The Labute approximate surface area is 163 Å². The van der Waals surface area contributed by atoms with Gasteiger partial charge in [0.15, 0.2) is 5.96 Å². The average Bonchev–Trinajstić information content (AvgIpc) is 2.51. The van der Waals surface area contributed by atoms with Gasteiger partial charge in [-0.25, -0.2) is 4.99 Å². The fraction of sp³-hybridized carbons (Fsp3) is 0.611. The number of aliphatic imine (C=N–C) groups is 1. The Balaban J connectivity index is 0.00000529. The van der Waals surface area contributed by atoms with Crippen LogP contribution in [-0.4, -0.2) is 38.4 Å². The first-order valence-corrected chi connectivity index (χ1v) is 8.28. The molecule has 2 N–H and O–H groups in total. The van der Waals surface area contributed by atoms with Crippen molar-refractivity contribution >= 4 is 29.9 Å². The van der Waals surface area contributed by atoms with Crippen molar-refractivity contribution in [2.45, 2.75) is 53.0 Å². The lowest BCUT2D eigenvalue weighted by Crippen LogP contribution is -2.43. The summed E-state index contributed by atoms with van der Waals surface area (Å²) in [7, 11) is 1.70. The van der Waals surface area contributed by atoms with Gasteiger partial charge < -0.3 is 20.1 Å². The molecular formula is C18H32IN3O2. The normalized spacial score (nSPS) is 12.7. The molecule has 0 fully saturated rings. The predicted octanol–water partition coefficient (Wildman–Crippen LogP) is 3.32. The molecule has 0 aliphatic carbocycles. The van der Waals surface area contributed by atoms with Crippen LogP contribution in [0, 0.1) is 0 Å². The van der Waals surface area contributed by atoms with Gasteiger partial charge in [-0.1, -0.05) is 24.3 Å². The Morgan fingerprint density at radius 3 is 2.54 bits per heavy atom. The van der Waals surface area contributed by atoms with Crippen LogP contribution >= 0.6 is 24.0 Å². The number of hydrogen-bond acceptors (Lipinski definition) is 3. The van der Waals surface area contributed by atoms with Crippen LogP contribution in [0.1, 0.15) is 38.8 Å². The zero-order valence-electron chi connectivity index (χ0n) is 15.5. The molecule has 0 saturated heterocycles. The van der Waals surface area contributed by atoms with Crippen molar-refractivity contribution in [3.05, 3.63) is 35.4 Å². The molecule has 24 heavy (non-hydrogen) atoms. The van der Waals surface area contributed by atoms with Gasteiger partial charge >= 0.3 is 0 Å². The van der Waals surface area contributed by atoms with E-state index >= 15 is 0 Å². The maximum absolute atomic E-state index is 5.65. The summed E-state index contributed by atoms with van der Waals surface area (Å²) in [4.78, 5) is 4.64. The van der Waals surface area contributed by atoms with E-state index in [-0.39, 0.29) is 36.1 Å². The van der Waals surface area contributed by atoms with E-state index < -0.39 is 0 Å². The van der Waals surface area contributed by atoms with Gasteiger partial charge in [-0.15, -0.1) is 24.0 Å².